The first-order valence-electron chi connectivity index (χ1n) is 6.14. The molecule has 0 spiro atoms. The Hall–Kier alpha value is -2.11. The number of aromatic nitrogens is 1. The molecule has 1 atom stereocenters. The van der Waals surface area contributed by atoms with Gasteiger partial charge in [0.05, 0.1) is 11.5 Å². The van der Waals surface area contributed by atoms with Gasteiger partial charge >= 0.3 is 5.97 Å². The van der Waals surface area contributed by atoms with E-state index < -0.39 is 11.9 Å². The Morgan fingerprint density at radius 2 is 2.16 bits per heavy atom. The van der Waals surface area contributed by atoms with Crippen molar-refractivity contribution < 1.29 is 14.7 Å². The van der Waals surface area contributed by atoms with Crippen molar-refractivity contribution in [3.8, 4) is 0 Å². The highest BCUT2D eigenvalue weighted by Gasteiger charge is 2.15. The number of carboxylic acid groups (broad SMARTS) is 1. The Morgan fingerprint density at radius 3 is 2.63 bits per heavy atom. The molecule has 1 aromatic heterocycles. The molecule has 2 N–H and O–H groups in total. The summed E-state index contributed by atoms with van der Waals surface area (Å²) < 4.78 is 0. The monoisotopic (exact) mass is 265 g/mol. The van der Waals surface area contributed by atoms with Crippen LogP contribution >= 0.6 is 0 Å². The van der Waals surface area contributed by atoms with Crippen molar-refractivity contribution in [2.45, 2.75) is 13.8 Å². The van der Waals surface area contributed by atoms with E-state index in [2.05, 4.69) is 10.3 Å². The van der Waals surface area contributed by atoms with E-state index in [-0.39, 0.29) is 5.91 Å². The summed E-state index contributed by atoms with van der Waals surface area (Å²) in [6.45, 7) is 4.42. The average Bonchev–Trinajstić information content (AvgIpc) is 2.39. The van der Waals surface area contributed by atoms with Crippen molar-refractivity contribution in [3.63, 3.8) is 0 Å². The summed E-state index contributed by atoms with van der Waals surface area (Å²) >= 11 is 0. The normalized spacial score (nSPS) is 11.7. The second-order valence-electron chi connectivity index (χ2n) is 4.38. The zero-order chi connectivity index (χ0) is 14.4. The lowest BCUT2D eigenvalue weighted by Crippen LogP contribution is -2.29. The van der Waals surface area contributed by atoms with Gasteiger partial charge in [-0.2, -0.15) is 0 Å². The summed E-state index contributed by atoms with van der Waals surface area (Å²) in [6.07, 6.45) is 1.49. The van der Waals surface area contributed by atoms with Gasteiger partial charge in [0, 0.05) is 26.3 Å². The van der Waals surface area contributed by atoms with Crippen LogP contribution in [0.3, 0.4) is 0 Å². The molecule has 6 heteroatoms. The first kappa shape index (κ1) is 14.9. The number of carboxylic acids is 1. The summed E-state index contributed by atoms with van der Waals surface area (Å²) in [6, 6.07) is 3.38. The average molecular weight is 265 g/mol. The Balaban J connectivity index is 2.70. The number of rotatable bonds is 6. The van der Waals surface area contributed by atoms with E-state index in [1.807, 2.05) is 6.92 Å². The number of aliphatic carboxylic acids is 1. The van der Waals surface area contributed by atoms with Crippen molar-refractivity contribution in [1.82, 2.24) is 10.3 Å². The fourth-order valence-electron chi connectivity index (χ4n) is 1.59. The minimum absolute atomic E-state index is 0.164. The molecule has 104 valence electrons. The zero-order valence-corrected chi connectivity index (χ0v) is 11.4. The van der Waals surface area contributed by atoms with Gasteiger partial charge in [-0.25, -0.2) is 4.98 Å². The van der Waals surface area contributed by atoms with E-state index in [1.54, 1.807) is 31.0 Å². The third-order valence-corrected chi connectivity index (χ3v) is 2.71. The molecule has 0 aliphatic carbocycles. The maximum absolute atomic E-state index is 11.6. The number of nitrogens with one attached hydrogen (secondary N) is 1. The molecule has 0 fully saturated rings. The van der Waals surface area contributed by atoms with E-state index in [9.17, 15) is 9.59 Å². The molecule has 0 bridgehead atoms. The standard InChI is InChI=1S/C13H19N3O3/c1-4-14-12(17)10-5-6-11(15-7-10)16(3)8-9(2)13(18)19/h5-7,9H,4,8H2,1-3H3,(H,14,17)(H,18,19). The molecule has 0 saturated heterocycles. The molecule has 0 radical (unpaired) electrons. The largest absolute Gasteiger partial charge is 0.481 e. The quantitative estimate of drug-likeness (QED) is 0.801. The van der Waals surface area contributed by atoms with Crippen LogP contribution in [-0.2, 0) is 4.79 Å². The van der Waals surface area contributed by atoms with E-state index in [4.69, 9.17) is 5.11 Å². The number of anilines is 1. The first-order chi connectivity index (χ1) is 8.95. The van der Waals surface area contributed by atoms with Crippen LogP contribution in [0, 0.1) is 5.92 Å². The van der Waals surface area contributed by atoms with Gasteiger partial charge < -0.3 is 15.3 Å². The van der Waals surface area contributed by atoms with E-state index >= 15 is 0 Å². The van der Waals surface area contributed by atoms with Crippen molar-refractivity contribution in [2.75, 3.05) is 25.0 Å². The fraction of sp³-hybridized carbons (Fsp3) is 0.462. The minimum atomic E-state index is -0.842. The second-order valence-corrected chi connectivity index (χ2v) is 4.38. The van der Waals surface area contributed by atoms with Gasteiger partial charge in [0.2, 0.25) is 0 Å². The molecular formula is C13H19N3O3. The summed E-state index contributed by atoms with van der Waals surface area (Å²) in [5.41, 5.74) is 0.491. The van der Waals surface area contributed by atoms with E-state index in [0.717, 1.165) is 0 Å². The molecule has 0 saturated carbocycles. The van der Waals surface area contributed by atoms with Gasteiger partial charge in [-0.15, -0.1) is 0 Å². The Morgan fingerprint density at radius 1 is 1.47 bits per heavy atom. The maximum atomic E-state index is 11.6. The Labute approximate surface area is 112 Å². The van der Waals surface area contributed by atoms with Crippen molar-refractivity contribution in [1.29, 1.82) is 0 Å². The van der Waals surface area contributed by atoms with Gasteiger partial charge in [-0.1, -0.05) is 6.92 Å². The summed E-state index contributed by atoms with van der Waals surface area (Å²) in [5, 5.41) is 11.5. The predicted octanol–water partition coefficient (Wildman–Crippen LogP) is 0.988. The molecule has 1 unspecified atom stereocenters. The lowest BCUT2D eigenvalue weighted by molar-refractivity contribution is -0.140. The number of pyridine rings is 1. The highest BCUT2D eigenvalue weighted by molar-refractivity contribution is 5.94. The summed E-state index contributed by atoms with van der Waals surface area (Å²) in [7, 11) is 1.77. The molecule has 6 nitrogen and oxygen atoms in total. The van der Waals surface area contributed by atoms with Gasteiger partial charge in [0.15, 0.2) is 0 Å². The van der Waals surface area contributed by atoms with Gasteiger partial charge in [0.25, 0.3) is 5.91 Å². The van der Waals surface area contributed by atoms with Crippen molar-refractivity contribution in [3.05, 3.63) is 23.9 Å². The van der Waals surface area contributed by atoms with Crippen LogP contribution in [0.1, 0.15) is 24.2 Å². The number of hydrogen-bond acceptors (Lipinski definition) is 4. The highest BCUT2D eigenvalue weighted by Crippen LogP contribution is 2.11. The molecule has 1 rings (SSSR count). The fourth-order valence-corrected chi connectivity index (χ4v) is 1.59. The topological polar surface area (TPSA) is 82.5 Å². The molecule has 0 aliphatic heterocycles. The SMILES string of the molecule is CCNC(=O)c1ccc(N(C)CC(C)C(=O)O)nc1. The van der Waals surface area contributed by atoms with Crippen LogP contribution in [0.25, 0.3) is 0 Å². The van der Waals surface area contributed by atoms with Crippen LogP contribution in [-0.4, -0.2) is 42.1 Å². The predicted molar refractivity (Wildman–Crippen MR) is 72.3 cm³/mol. The molecule has 1 aromatic rings. The van der Waals surface area contributed by atoms with Gasteiger partial charge in [-0.05, 0) is 19.1 Å². The highest BCUT2D eigenvalue weighted by atomic mass is 16.4. The third-order valence-electron chi connectivity index (χ3n) is 2.71. The molecule has 1 amide bonds. The second kappa shape index (κ2) is 6.72. The summed E-state index contributed by atoms with van der Waals surface area (Å²) in [5.74, 6) is -0.843. The smallest absolute Gasteiger partial charge is 0.308 e. The lowest BCUT2D eigenvalue weighted by Gasteiger charge is -2.20. The lowest BCUT2D eigenvalue weighted by atomic mass is 10.2. The minimum Gasteiger partial charge on any atom is -0.481 e. The molecule has 0 aliphatic rings. The van der Waals surface area contributed by atoms with E-state index in [1.165, 1.54) is 6.20 Å². The molecule has 1 heterocycles. The maximum Gasteiger partial charge on any atom is 0.308 e. The number of hydrogen-bond donors (Lipinski definition) is 2. The molecule has 0 aromatic carbocycles. The van der Waals surface area contributed by atoms with Crippen LogP contribution in [0.15, 0.2) is 18.3 Å². The van der Waals surface area contributed by atoms with E-state index in [0.29, 0.717) is 24.5 Å². The van der Waals surface area contributed by atoms with Crippen molar-refractivity contribution >= 4 is 17.7 Å². The Kier molecular flexibility index (Phi) is 5.29. The first-order valence-corrected chi connectivity index (χ1v) is 6.14. The van der Waals surface area contributed by atoms with Gasteiger partial charge in [0.1, 0.15) is 5.82 Å². The number of carbonyl (C=O) groups excluding carboxylic acids is 1. The number of nitrogens with zero attached hydrogens (tertiary/aromatic N) is 2. The number of amides is 1. The summed E-state index contributed by atoms with van der Waals surface area (Å²) in [4.78, 5) is 28.2. The number of carbonyl (C=O) groups is 2. The Bertz CT molecular complexity index is 445. The van der Waals surface area contributed by atoms with Crippen LogP contribution in [0.4, 0.5) is 5.82 Å². The van der Waals surface area contributed by atoms with Crippen molar-refractivity contribution in [2.24, 2.45) is 5.92 Å². The molecular weight excluding hydrogens is 246 g/mol. The van der Waals surface area contributed by atoms with Crippen LogP contribution < -0.4 is 10.2 Å². The van der Waals surface area contributed by atoms with Gasteiger partial charge in [-0.3, -0.25) is 9.59 Å². The zero-order valence-electron chi connectivity index (χ0n) is 11.4. The third kappa shape index (κ3) is 4.24. The van der Waals surface area contributed by atoms with Crippen LogP contribution in [0.5, 0.6) is 0 Å². The molecule has 19 heavy (non-hydrogen) atoms. The van der Waals surface area contributed by atoms with Crippen LogP contribution in [0.2, 0.25) is 0 Å².